The molecule has 98 valence electrons. The van der Waals surface area contributed by atoms with E-state index in [2.05, 4.69) is 5.43 Å². The van der Waals surface area contributed by atoms with E-state index >= 15 is 0 Å². The average molecular weight is 253 g/mol. The van der Waals surface area contributed by atoms with Crippen molar-refractivity contribution >= 4 is 11.8 Å². The Morgan fingerprint density at radius 3 is 2.78 bits per heavy atom. The summed E-state index contributed by atoms with van der Waals surface area (Å²) in [5.41, 5.74) is 3.87. The van der Waals surface area contributed by atoms with Crippen LogP contribution >= 0.6 is 0 Å². The minimum absolute atomic E-state index is 0.136. The number of carbonyl (C=O) groups is 1. The smallest absolute Gasteiger partial charge is 0.424 e. The van der Waals surface area contributed by atoms with Gasteiger partial charge in [0.2, 0.25) is 0 Å². The molecule has 0 aromatic heterocycles. The van der Waals surface area contributed by atoms with Crippen LogP contribution in [0.1, 0.15) is 12.0 Å². The summed E-state index contributed by atoms with van der Waals surface area (Å²) in [6.07, 6.45) is 0.511. The molecule has 1 amide bonds. The third-order valence-corrected chi connectivity index (χ3v) is 2.64. The quantitative estimate of drug-likeness (QED) is 0.656. The summed E-state index contributed by atoms with van der Waals surface area (Å²) < 4.78 is 5.09. The molecule has 1 aromatic carbocycles. The van der Waals surface area contributed by atoms with Crippen molar-refractivity contribution in [2.75, 3.05) is 13.1 Å². The Balaban J connectivity index is 1.84. The Morgan fingerprint density at radius 2 is 2.22 bits per heavy atom. The maximum atomic E-state index is 11.5. The van der Waals surface area contributed by atoms with E-state index in [1.807, 2.05) is 0 Å². The van der Waals surface area contributed by atoms with Crippen molar-refractivity contribution in [3.8, 4) is 0 Å². The molecule has 1 aliphatic heterocycles. The Labute approximate surface area is 104 Å². The number of nitrogens with zero attached hydrogens (tertiary/aromatic N) is 1. The summed E-state index contributed by atoms with van der Waals surface area (Å²) in [6, 6.07) is 6.24. The third kappa shape index (κ3) is 3.17. The van der Waals surface area contributed by atoms with E-state index in [-0.39, 0.29) is 12.3 Å². The highest BCUT2D eigenvalue weighted by Gasteiger charge is 2.18. The number of hydrogen-bond acceptors (Lipinski definition) is 5. The van der Waals surface area contributed by atoms with E-state index in [1.54, 1.807) is 12.1 Å². The van der Waals surface area contributed by atoms with Crippen LogP contribution in [0.2, 0.25) is 0 Å². The third-order valence-electron chi connectivity index (χ3n) is 2.64. The van der Waals surface area contributed by atoms with Gasteiger partial charge < -0.3 is 9.94 Å². The van der Waals surface area contributed by atoms with Gasteiger partial charge in [0, 0.05) is 25.2 Å². The first-order valence-electron chi connectivity index (χ1n) is 5.67. The summed E-state index contributed by atoms with van der Waals surface area (Å²) in [4.78, 5) is 11.5. The topological polar surface area (TPSA) is 89.3 Å². The van der Waals surface area contributed by atoms with Crippen molar-refractivity contribution in [1.82, 2.24) is 10.4 Å². The van der Waals surface area contributed by atoms with Gasteiger partial charge >= 0.3 is 6.09 Å². The van der Waals surface area contributed by atoms with Gasteiger partial charge in [-0.3, -0.25) is 0 Å². The van der Waals surface area contributed by atoms with E-state index in [4.69, 9.17) is 9.94 Å². The van der Waals surface area contributed by atoms with Gasteiger partial charge in [-0.2, -0.15) is 5.23 Å². The van der Waals surface area contributed by atoms with Crippen LogP contribution in [0.4, 0.5) is 10.5 Å². The molecule has 3 N–H and O–H groups in total. The van der Waals surface area contributed by atoms with E-state index in [0.29, 0.717) is 6.54 Å². The van der Waals surface area contributed by atoms with Gasteiger partial charge in [0.25, 0.3) is 0 Å². The van der Waals surface area contributed by atoms with Gasteiger partial charge in [0.05, 0.1) is 0 Å². The molecule has 1 fully saturated rings. The number of quaternary nitrogens is 1. The van der Waals surface area contributed by atoms with Crippen molar-refractivity contribution in [2.45, 2.75) is 13.0 Å². The van der Waals surface area contributed by atoms with Crippen molar-refractivity contribution < 1.29 is 20.0 Å². The van der Waals surface area contributed by atoms with Crippen LogP contribution < -0.4 is 10.7 Å². The number of carbonyl (C=O) groups excluding carboxylic acids is 1. The lowest BCUT2D eigenvalue weighted by atomic mass is 10.2. The molecule has 1 saturated heterocycles. The van der Waals surface area contributed by atoms with Crippen LogP contribution in [0.25, 0.3) is 0 Å². The molecule has 2 rings (SSSR count). The first-order valence-corrected chi connectivity index (χ1v) is 5.67. The number of ether oxygens (including phenoxy) is 1. The minimum atomic E-state index is -0.972. The van der Waals surface area contributed by atoms with Gasteiger partial charge in [-0.15, -0.1) is 0 Å². The summed E-state index contributed by atoms with van der Waals surface area (Å²) in [5.74, 6) is 0. The second-order valence-corrected chi connectivity index (χ2v) is 3.97. The maximum Gasteiger partial charge on any atom is 0.424 e. The van der Waals surface area contributed by atoms with Crippen LogP contribution in [-0.4, -0.2) is 29.4 Å². The molecule has 1 aromatic rings. The highest BCUT2D eigenvalue weighted by atomic mass is 16.8. The largest absolute Gasteiger partial charge is 0.595 e. The zero-order valence-corrected chi connectivity index (χ0v) is 9.76. The average Bonchev–Trinajstić information content (AvgIpc) is 2.90. The molecular formula is C11H15N3O4. The van der Waals surface area contributed by atoms with Gasteiger partial charge in [-0.1, -0.05) is 0 Å². The molecule has 0 aliphatic carbocycles. The zero-order chi connectivity index (χ0) is 13.0. The zero-order valence-electron chi connectivity index (χ0n) is 9.76. The van der Waals surface area contributed by atoms with Crippen LogP contribution in [0.5, 0.6) is 0 Å². The summed E-state index contributed by atoms with van der Waals surface area (Å²) in [7, 11) is 0. The first kappa shape index (κ1) is 12.8. The van der Waals surface area contributed by atoms with Gasteiger partial charge in [0.15, 0.2) is 5.69 Å². The number of hydrogen-bond donors (Lipinski definition) is 3. The van der Waals surface area contributed by atoms with Gasteiger partial charge in [0.1, 0.15) is 6.61 Å². The lowest BCUT2D eigenvalue weighted by Crippen LogP contribution is -2.99. The van der Waals surface area contributed by atoms with E-state index < -0.39 is 11.3 Å². The Morgan fingerprint density at radius 1 is 1.50 bits per heavy atom. The van der Waals surface area contributed by atoms with Crippen LogP contribution in [0, 0.1) is 5.21 Å². The van der Waals surface area contributed by atoms with Gasteiger partial charge in [-0.25, -0.2) is 20.4 Å². The molecular weight excluding hydrogens is 238 g/mol. The second-order valence-electron chi connectivity index (χ2n) is 3.97. The van der Waals surface area contributed by atoms with Crippen molar-refractivity contribution in [2.24, 2.45) is 0 Å². The molecule has 0 bridgehead atoms. The lowest BCUT2D eigenvalue weighted by molar-refractivity contribution is -0.991. The van der Waals surface area contributed by atoms with Crippen LogP contribution in [0.15, 0.2) is 24.3 Å². The fraction of sp³-hybridized carbons (Fsp3) is 0.364. The minimum Gasteiger partial charge on any atom is -0.595 e. The van der Waals surface area contributed by atoms with Crippen LogP contribution in [-0.2, 0) is 11.3 Å². The first-order chi connectivity index (χ1) is 8.66. The summed E-state index contributed by atoms with van der Waals surface area (Å²) >= 11 is 0. The van der Waals surface area contributed by atoms with E-state index in [1.165, 1.54) is 17.1 Å². The highest BCUT2D eigenvalue weighted by molar-refractivity contribution is 5.67. The van der Waals surface area contributed by atoms with E-state index in [0.717, 1.165) is 18.5 Å². The predicted molar refractivity (Wildman–Crippen MR) is 61.7 cm³/mol. The summed E-state index contributed by atoms with van der Waals surface area (Å²) in [6.45, 7) is 1.57. The maximum absolute atomic E-state index is 11.5. The van der Waals surface area contributed by atoms with E-state index in [9.17, 15) is 10.0 Å². The van der Waals surface area contributed by atoms with Gasteiger partial charge in [-0.05, 0) is 24.1 Å². The molecule has 7 heteroatoms. The number of nitrogens with one attached hydrogen (secondary N) is 2. The molecule has 18 heavy (non-hydrogen) atoms. The van der Waals surface area contributed by atoms with Crippen LogP contribution in [0.3, 0.4) is 0 Å². The monoisotopic (exact) mass is 253 g/mol. The number of benzene rings is 1. The number of hydrazine groups is 1. The Kier molecular flexibility index (Phi) is 4.11. The van der Waals surface area contributed by atoms with Crippen molar-refractivity contribution in [1.29, 1.82) is 0 Å². The highest BCUT2D eigenvalue weighted by Crippen LogP contribution is 2.08. The molecule has 0 radical (unpaired) electrons. The standard InChI is InChI=1S/C11H15N3O4/c15-11(13-7-1-6-12-13)18-8-9-2-4-10(5-3-9)14(16)17/h2-5,12,14,16H,1,6-8H2. The second kappa shape index (κ2) is 5.78. The summed E-state index contributed by atoms with van der Waals surface area (Å²) in [5, 5.41) is 19.9. The molecule has 0 spiro atoms. The molecule has 1 unspecified atom stereocenters. The fourth-order valence-corrected chi connectivity index (χ4v) is 1.65. The predicted octanol–water partition coefficient (Wildman–Crippen LogP) is -0.0631. The lowest BCUT2D eigenvalue weighted by Gasteiger charge is -2.15. The number of amides is 1. The Bertz CT molecular complexity index is 401. The Hall–Kier alpha value is -1.67. The molecule has 1 atom stereocenters. The number of rotatable bonds is 3. The molecule has 1 heterocycles. The molecule has 7 nitrogen and oxygen atoms in total. The molecule has 0 saturated carbocycles. The normalized spacial score (nSPS) is 16.7. The van der Waals surface area contributed by atoms with Crippen molar-refractivity contribution in [3.63, 3.8) is 0 Å². The van der Waals surface area contributed by atoms with Crippen molar-refractivity contribution in [3.05, 3.63) is 35.0 Å². The fourth-order valence-electron chi connectivity index (χ4n) is 1.65. The SMILES string of the molecule is O=C(OCc1ccc([NH+]([O-])O)cc1)N1CCCN1. The molecule has 1 aliphatic rings.